The molecule has 0 fully saturated rings. The third kappa shape index (κ3) is 3.05. The summed E-state index contributed by atoms with van der Waals surface area (Å²) >= 11 is 3.38. The number of aromatic amines is 1. The number of rotatable bonds is 4. The van der Waals surface area contributed by atoms with Gasteiger partial charge in [0.25, 0.3) is 0 Å². The van der Waals surface area contributed by atoms with Crippen LogP contribution in [0, 0.1) is 0 Å². The molecular formula is C12H14BrN3O3. The summed E-state index contributed by atoms with van der Waals surface area (Å²) in [5.74, 6) is 0.532. The first-order chi connectivity index (χ1) is 9.01. The standard InChI is InChI=1S/C12H14BrN3O3/c1-6(19-2)10(16-12(17)18)11-14-8-4-3-7(13)5-9(8)15-11/h3-6,10,16H,1-2H3,(H,14,15)(H,17,18)/t6-,10+/m1/s1. The van der Waals surface area contributed by atoms with Crippen LogP contribution in [-0.2, 0) is 4.74 Å². The van der Waals surface area contributed by atoms with Gasteiger partial charge in [-0.1, -0.05) is 15.9 Å². The van der Waals surface area contributed by atoms with Crippen molar-refractivity contribution < 1.29 is 14.6 Å². The van der Waals surface area contributed by atoms with Gasteiger partial charge in [0.1, 0.15) is 11.9 Å². The lowest BCUT2D eigenvalue weighted by molar-refractivity contribution is 0.0788. The van der Waals surface area contributed by atoms with Gasteiger partial charge < -0.3 is 20.1 Å². The number of imidazole rings is 1. The van der Waals surface area contributed by atoms with Gasteiger partial charge in [-0.05, 0) is 25.1 Å². The molecule has 0 aliphatic heterocycles. The molecule has 0 bridgehead atoms. The lowest BCUT2D eigenvalue weighted by Crippen LogP contribution is -2.35. The average molecular weight is 328 g/mol. The number of amides is 1. The van der Waals surface area contributed by atoms with Crippen molar-refractivity contribution in [1.29, 1.82) is 0 Å². The Bertz CT molecular complexity index is 599. The number of H-pyrrole nitrogens is 1. The second-order valence-electron chi connectivity index (χ2n) is 4.15. The summed E-state index contributed by atoms with van der Waals surface area (Å²) < 4.78 is 6.12. The van der Waals surface area contributed by atoms with Crippen molar-refractivity contribution in [3.63, 3.8) is 0 Å². The van der Waals surface area contributed by atoms with Crippen molar-refractivity contribution in [2.24, 2.45) is 0 Å². The van der Waals surface area contributed by atoms with Gasteiger partial charge in [0, 0.05) is 11.6 Å². The first-order valence-electron chi connectivity index (χ1n) is 5.68. The molecule has 0 saturated heterocycles. The molecule has 6 nitrogen and oxygen atoms in total. The third-order valence-electron chi connectivity index (χ3n) is 2.88. The molecule has 2 aromatic rings. The van der Waals surface area contributed by atoms with Crippen LogP contribution in [0.3, 0.4) is 0 Å². The molecule has 0 aliphatic rings. The van der Waals surface area contributed by atoms with Crippen molar-refractivity contribution in [2.75, 3.05) is 7.11 Å². The highest BCUT2D eigenvalue weighted by molar-refractivity contribution is 9.10. The van der Waals surface area contributed by atoms with Crippen LogP contribution in [0.1, 0.15) is 18.8 Å². The number of ether oxygens (including phenoxy) is 1. The molecule has 2 rings (SSSR count). The highest BCUT2D eigenvalue weighted by Crippen LogP contribution is 2.22. The molecule has 1 amide bonds. The molecule has 3 N–H and O–H groups in total. The van der Waals surface area contributed by atoms with Gasteiger partial charge in [-0.3, -0.25) is 0 Å². The highest BCUT2D eigenvalue weighted by atomic mass is 79.9. The first kappa shape index (κ1) is 13.8. The Morgan fingerprint density at radius 3 is 2.95 bits per heavy atom. The van der Waals surface area contributed by atoms with Crippen molar-refractivity contribution in [3.05, 3.63) is 28.5 Å². The maximum atomic E-state index is 10.9. The maximum Gasteiger partial charge on any atom is 0.405 e. The van der Waals surface area contributed by atoms with Gasteiger partial charge in [0.15, 0.2) is 0 Å². The molecule has 19 heavy (non-hydrogen) atoms. The maximum absolute atomic E-state index is 10.9. The van der Waals surface area contributed by atoms with Gasteiger partial charge in [-0.2, -0.15) is 0 Å². The highest BCUT2D eigenvalue weighted by Gasteiger charge is 2.24. The average Bonchev–Trinajstić information content (AvgIpc) is 2.77. The Balaban J connectivity index is 2.40. The van der Waals surface area contributed by atoms with E-state index in [0.29, 0.717) is 5.82 Å². The minimum Gasteiger partial charge on any atom is -0.465 e. The van der Waals surface area contributed by atoms with Crippen LogP contribution in [0.25, 0.3) is 11.0 Å². The van der Waals surface area contributed by atoms with Gasteiger partial charge in [-0.15, -0.1) is 0 Å². The Hall–Kier alpha value is -1.60. The predicted molar refractivity (Wildman–Crippen MR) is 74.2 cm³/mol. The number of carbonyl (C=O) groups is 1. The monoisotopic (exact) mass is 327 g/mol. The lowest BCUT2D eigenvalue weighted by atomic mass is 10.2. The normalized spacial score (nSPS) is 14.3. The number of hydrogen-bond donors (Lipinski definition) is 3. The number of aromatic nitrogens is 2. The minimum atomic E-state index is -1.12. The van der Waals surface area contributed by atoms with E-state index in [1.807, 2.05) is 18.2 Å². The number of hydrogen-bond acceptors (Lipinski definition) is 3. The third-order valence-corrected chi connectivity index (χ3v) is 3.37. The van der Waals surface area contributed by atoms with Crippen LogP contribution in [0.4, 0.5) is 4.79 Å². The smallest absolute Gasteiger partial charge is 0.405 e. The summed E-state index contributed by atoms with van der Waals surface area (Å²) in [6.45, 7) is 1.78. The van der Waals surface area contributed by atoms with E-state index in [4.69, 9.17) is 9.84 Å². The Kier molecular flexibility index (Phi) is 4.06. The molecule has 1 aromatic carbocycles. The summed E-state index contributed by atoms with van der Waals surface area (Å²) in [5, 5.41) is 11.3. The van der Waals surface area contributed by atoms with Gasteiger partial charge in [0.2, 0.25) is 0 Å². The van der Waals surface area contributed by atoms with E-state index < -0.39 is 12.1 Å². The molecule has 1 heterocycles. The Morgan fingerprint density at radius 2 is 2.32 bits per heavy atom. The van der Waals surface area contributed by atoms with E-state index >= 15 is 0 Å². The van der Waals surface area contributed by atoms with Crippen LogP contribution in [0.5, 0.6) is 0 Å². The van der Waals surface area contributed by atoms with Crippen molar-refractivity contribution in [2.45, 2.75) is 19.1 Å². The van der Waals surface area contributed by atoms with Gasteiger partial charge in [0.05, 0.1) is 17.1 Å². The minimum absolute atomic E-state index is 0.333. The number of fused-ring (bicyclic) bond motifs is 1. The SMILES string of the molecule is CO[C@H](C)[C@H](NC(=O)O)c1nc2ccc(Br)cc2[nH]1. The van der Waals surface area contributed by atoms with Crippen LogP contribution in [0.15, 0.2) is 22.7 Å². The van der Waals surface area contributed by atoms with Crippen molar-refractivity contribution >= 4 is 33.1 Å². The topological polar surface area (TPSA) is 87.2 Å². The molecule has 102 valence electrons. The van der Waals surface area contributed by atoms with Crippen LogP contribution < -0.4 is 5.32 Å². The molecular weight excluding hydrogens is 314 g/mol. The number of benzene rings is 1. The van der Waals surface area contributed by atoms with Crippen LogP contribution >= 0.6 is 15.9 Å². The van der Waals surface area contributed by atoms with Crippen LogP contribution in [0.2, 0.25) is 0 Å². The van der Waals surface area contributed by atoms with Crippen molar-refractivity contribution in [1.82, 2.24) is 15.3 Å². The van der Waals surface area contributed by atoms with E-state index in [1.165, 1.54) is 7.11 Å². The second-order valence-corrected chi connectivity index (χ2v) is 5.07. The summed E-state index contributed by atoms with van der Waals surface area (Å²) in [5.41, 5.74) is 1.61. The number of carboxylic acid groups (broad SMARTS) is 1. The lowest BCUT2D eigenvalue weighted by Gasteiger charge is -2.20. The van der Waals surface area contributed by atoms with Crippen LogP contribution in [-0.4, -0.2) is 34.4 Å². The largest absolute Gasteiger partial charge is 0.465 e. The molecule has 0 saturated carbocycles. The molecule has 0 unspecified atom stereocenters. The summed E-state index contributed by atoms with van der Waals surface area (Å²) in [7, 11) is 1.53. The fourth-order valence-corrected chi connectivity index (χ4v) is 2.19. The number of nitrogens with zero attached hydrogens (tertiary/aromatic N) is 1. The fraction of sp³-hybridized carbons (Fsp3) is 0.333. The Morgan fingerprint density at radius 1 is 1.58 bits per heavy atom. The molecule has 0 aliphatic carbocycles. The number of methoxy groups -OCH3 is 1. The molecule has 2 atom stereocenters. The molecule has 0 radical (unpaired) electrons. The predicted octanol–water partition coefficient (Wildman–Crippen LogP) is 2.67. The van der Waals surface area contributed by atoms with Gasteiger partial charge >= 0.3 is 6.09 Å². The summed E-state index contributed by atoms with van der Waals surface area (Å²) in [4.78, 5) is 18.4. The first-order valence-corrected chi connectivity index (χ1v) is 6.48. The number of halogens is 1. The molecule has 1 aromatic heterocycles. The number of nitrogens with one attached hydrogen (secondary N) is 2. The van der Waals surface area contributed by atoms with E-state index in [0.717, 1.165) is 15.5 Å². The van der Waals surface area contributed by atoms with E-state index in [1.54, 1.807) is 6.92 Å². The summed E-state index contributed by atoms with van der Waals surface area (Å²) in [6, 6.07) is 5.08. The zero-order chi connectivity index (χ0) is 14.0. The zero-order valence-electron chi connectivity index (χ0n) is 10.5. The quantitative estimate of drug-likeness (QED) is 0.805. The molecule has 0 spiro atoms. The van der Waals surface area contributed by atoms with Crippen molar-refractivity contribution in [3.8, 4) is 0 Å². The van der Waals surface area contributed by atoms with E-state index in [2.05, 4.69) is 31.2 Å². The Labute approximate surface area is 118 Å². The van der Waals surface area contributed by atoms with E-state index in [-0.39, 0.29) is 6.10 Å². The molecule has 7 heteroatoms. The van der Waals surface area contributed by atoms with E-state index in [9.17, 15) is 4.79 Å². The summed E-state index contributed by atoms with van der Waals surface area (Å²) in [6.07, 6.45) is -1.45. The second kappa shape index (κ2) is 5.58. The fourth-order valence-electron chi connectivity index (χ4n) is 1.83. The zero-order valence-corrected chi connectivity index (χ0v) is 12.1. The van der Waals surface area contributed by atoms with Gasteiger partial charge in [-0.25, -0.2) is 9.78 Å².